The fraction of sp³-hybridized carbons (Fsp3) is 0.562. The van der Waals surface area contributed by atoms with Gasteiger partial charge < -0.3 is 10.4 Å². The Bertz CT molecular complexity index is 684. The van der Waals surface area contributed by atoms with Gasteiger partial charge >= 0.3 is 0 Å². The number of carbonyl (C=O) groups is 1. The summed E-state index contributed by atoms with van der Waals surface area (Å²) in [6, 6.07) is 5.64. The molecular formula is C16H23N5O2. The second-order valence-electron chi connectivity index (χ2n) is 6.04. The van der Waals surface area contributed by atoms with Gasteiger partial charge in [-0.2, -0.15) is 0 Å². The van der Waals surface area contributed by atoms with E-state index in [2.05, 4.69) is 20.5 Å². The molecule has 1 saturated heterocycles. The van der Waals surface area contributed by atoms with Gasteiger partial charge in [0.1, 0.15) is 5.52 Å². The number of likely N-dealkylation sites (tertiary alicyclic amines) is 1. The number of hydrogen-bond donors (Lipinski definition) is 2. The van der Waals surface area contributed by atoms with Gasteiger partial charge in [0, 0.05) is 31.7 Å². The lowest BCUT2D eigenvalue weighted by Crippen LogP contribution is -2.45. The number of aromatic nitrogens is 3. The maximum atomic E-state index is 12.3. The van der Waals surface area contributed by atoms with E-state index < -0.39 is 0 Å². The molecule has 2 heterocycles. The number of aliphatic hydroxyl groups excluding tert-OH is 1. The van der Waals surface area contributed by atoms with Crippen molar-refractivity contribution in [2.45, 2.75) is 25.3 Å². The number of carbonyl (C=O) groups excluding carboxylic acids is 1. The van der Waals surface area contributed by atoms with Crippen LogP contribution in [-0.2, 0) is 7.05 Å². The smallest absolute Gasteiger partial charge is 0.251 e. The number of aryl methyl sites for hydroxylation is 1. The molecule has 23 heavy (non-hydrogen) atoms. The average Bonchev–Trinajstić information content (AvgIpc) is 2.96. The zero-order valence-corrected chi connectivity index (χ0v) is 13.4. The number of rotatable bonds is 5. The molecule has 0 radical (unpaired) electrons. The van der Waals surface area contributed by atoms with Crippen molar-refractivity contribution in [1.29, 1.82) is 0 Å². The van der Waals surface area contributed by atoms with Crippen molar-refractivity contribution in [2.24, 2.45) is 7.05 Å². The minimum absolute atomic E-state index is 0.102. The largest absolute Gasteiger partial charge is 0.395 e. The Hall–Kier alpha value is -1.99. The summed E-state index contributed by atoms with van der Waals surface area (Å²) in [5.74, 6) is -0.102. The minimum atomic E-state index is -0.102. The zero-order valence-electron chi connectivity index (χ0n) is 13.4. The number of amides is 1. The molecule has 0 bridgehead atoms. The molecule has 1 aliphatic rings. The zero-order chi connectivity index (χ0) is 16.2. The number of hydrogen-bond acceptors (Lipinski definition) is 5. The van der Waals surface area contributed by atoms with Crippen LogP contribution in [0.3, 0.4) is 0 Å². The second-order valence-corrected chi connectivity index (χ2v) is 6.04. The van der Waals surface area contributed by atoms with Crippen molar-refractivity contribution >= 4 is 16.9 Å². The van der Waals surface area contributed by atoms with Crippen LogP contribution in [-0.4, -0.2) is 63.2 Å². The molecule has 3 rings (SSSR count). The topological polar surface area (TPSA) is 83.3 Å². The Morgan fingerprint density at radius 2 is 2.30 bits per heavy atom. The predicted molar refractivity (Wildman–Crippen MR) is 87.1 cm³/mol. The van der Waals surface area contributed by atoms with Gasteiger partial charge in [0.2, 0.25) is 0 Å². The molecule has 1 aromatic heterocycles. The minimum Gasteiger partial charge on any atom is -0.395 e. The van der Waals surface area contributed by atoms with Crippen molar-refractivity contribution in [1.82, 2.24) is 25.2 Å². The standard InChI is InChI=1S/C16H23N5O2/c1-20-15-6-5-12(10-14(15)18-19-20)16(23)17-7-9-21-8-3-2-4-13(21)11-22/h5-6,10,13,22H,2-4,7-9,11H2,1H3,(H,17,23)/t13-/m0/s1. The van der Waals surface area contributed by atoms with Gasteiger partial charge in [0.05, 0.1) is 12.1 Å². The molecule has 1 fully saturated rings. The molecule has 0 spiro atoms. The fourth-order valence-corrected chi connectivity index (χ4v) is 3.16. The molecule has 2 aromatic rings. The summed E-state index contributed by atoms with van der Waals surface area (Å²) in [7, 11) is 1.82. The Kier molecular flexibility index (Phi) is 4.88. The molecule has 1 amide bonds. The summed E-state index contributed by atoms with van der Waals surface area (Å²) in [4.78, 5) is 14.5. The first-order valence-corrected chi connectivity index (χ1v) is 8.11. The Morgan fingerprint density at radius 1 is 1.43 bits per heavy atom. The van der Waals surface area contributed by atoms with Gasteiger partial charge in [0.15, 0.2) is 0 Å². The van der Waals surface area contributed by atoms with Crippen LogP contribution in [0.25, 0.3) is 11.0 Å². The van der Waals surface area contributed by atoms with Crippen LogP contribution in [0.15, 0.2) is 18.2 Å². The van der Waals surface area contributed by atoms with E-state index >= 15 is 0 Å². The average molecular weight is 317 g/mol. The van der Waals surface area contributed by atoms with Crippen LogP contribution >= 0.6 is 0 Å². The molecule has 1 aromatic carbocycles. The van der Waals surface area contributed by atoms with Crippen LogP contribution in [0.1, 0.15) is 29.6 Å². The summed E-state index contributed by atoms with van der Waals surface area (Å²) in [6.45, 7) is 2.53. The third-order valence-electron chi connectivity index (χ3n) is 4.52. The summed E-state index contributed by atoms with van der Waals surface area (Å²) in [5.41, 5.74) is 2.22. The third-order valence-corrected chi connectivity index (χ3v) is 4.52. The molecule has 7 heteroatoms. The first-order chi connectivity index (χ1) is 11.2. The van der Waals surface area contributed by atoms with Crippen molar-refractivity contribution in [2.75, 3.05) is 26.2 Å². The molecule has 2 N–H and O–H groups in total. The summed E-state index contributed by atoms with van der Waals surface area (Å²) in [5, 5.41) is 20.3. The van der Waals surface area contributed by atoms with Crippen molar-refractivity contribution in [3.8, 4) is 0 Å². The van der Waals surface area contributed by atoms with Gasteiger partial charge in [-0.1, -0.05) is 11.6 Å². The van der Waals surface area contributed by atoms with Gasteiger partial charge in [-0.25, -0.2) is 4.68 Å². The van der Waals surface area contributed by atoms with E-state index in [-0.39, 0.29) is 18.6 Å². The highest BCUT2D eigenvalue weighted by atomic mass is 16.3. The third kappa shape index (κ3) is 3.51. The monoisotopic (exact) mass is 317 g/mol. The Labute approximate surface area is 135 Å². The van der Waals surface area contributed by atoms with E-state index in [9.17, 15) is 9.90 Å². The maximum Gasteiger partial charge on any atom is 0.251 e. The quantitative estimate of drug-likeness (QED) is 0.841. The summed E-state index contributed by atoms with van der Waals surface area (Å²) >= 11 is 0. The maximum absolute atomic E-state index is 12.3. The molecule has 1 atom stereocenters. The van der Waals surface area contributed by atoms with Gasteiger partial charge in [-0.15, -0.1) is 5.10 Å². The Morgan fingerprint density at radius 3 is 3.13 bits per heavy atom. The molecule has 1 aliphatic heterocycles. The molecule has 124 valence electrons. The highest BCUT2D eigenvalue weighted by Crippen LogP contribution is 2.16. The number of piperidine rings is 1. The molecule has 0 saturated carbocycles. The first kappa shape index (κ1) is 15.9. The Balaban J connectivity index is 1.55. The lowest BCUT2D eigenvalue weighted by Gasteiger charge is -2.34. The van der Waals surface area contributed by atoms with Gasteiger partial charge in [0.25, 0.3) is 5.91 Å². The van der Waals surface area contributed by atoms with Crippen molar-refractivity contribution < 1.29 is 9.90 Å². The normalized spacial score (nSPS) is 19.1. The summed E-state index contributed by atoms with van der Waals surface area (Å²) in [6.07, 6.45) is 3.37. The number of fused-ring (bicyclic) bond motifs is 1. The number of benzene rings is 1. The predicted octanol–water partition coefficient (Wildman–Crippen LogP) is 0.545. The highest BCUT2D eigenvalue weighted by molar-refractivity contribution is 5.97. The van der Waals surface area contributed by atoms with Gasteiger partial charge in [-0.05, 0) is 37.6 Å². The van der Waals surface area contributed by atoms with E-state index in [0.717, 1.165) is 37.0 Å². The van der Waals surface area contributed by atoms with E-state index in [1.165, 1.54) is 6.42 Å². The van der Waals surface area contributed by atoms with Gasteiger partial charge in [-0.3, -0.25) is 9.69 Å². The first-order valence-electron chi connectivity index (χ1n) is 8.11. The molecule has 0 aliphatic carbocycles. The lowest BCUT2D eigenvalue weighted by molar-refractivity contribution is 0.0849. The van der Waals surface area contributed by atoms with Crippen molar-refractivity contribution in [3.05, 3.63) is 23.8 Å². The van der Waals surface area contributed by atoms with Crippen LogP contribution in [0, 0.1) is 0 Å². The number of nitrogens with zero attached hydrogens (tertiary/aromatic N) is 4. The van der Waals surface area contributed by atoms with E-state index in [0.29, 0.717) is 12.1 Å². The van der Waals surface area contributed by atoms with E-state index in [1.807, 2.05) is 13.1 Å². The molecule has 0 unspecified atom stereocenters. The molecule has 7 nitrogen and oxygen atoms in total. The number of nitrogens with one attached hydrogen (secondary N) is 1. The van der Waals surface area contributed by atoms with Crippen LogP contribution < -0.4 is 5.32 Å². The van der Waals surface area contributed by atoms with E-state index in [1.54, 1.807) is 16.8 Å². The van der Waals surface area contributed by atoms with Crippen molar-refractivity contribution in [3.63, 3.8) is 0 Å². The number of aliphatic hydroxyl groups is 1. The fourth-order valence-electron chi connectivity index (χ4n) is 3.16. The van der Waals surface area contributed by atoms with Crippen LogP contribution in [0.2, 0.25) is 0 Å². The molecular weight excluding hydrogens is 294 g/mol. The lowest BCUT2D eigenvalue weighted by atomic mass is 10.0. The van der Waals surface area contributed by atoms with Crippen LogP contribution in [0.5, 0.6) is 0 Å². The highest BCUT2D eigenvalue weighted by Gasteiger charge is 2.21. The summed E-state index contributed by atoms with van der Waals surface area (Å²) < 4.78 is 1.68. The SMILES string of the molecule is Cn1nnc2cc(C(=O)NCCN3CCCC[C@H]3CO)ccc21. The second kappa shape index (κ2) is 7.06. The van der Waals surface area contributed by atoms with Crippen LogP contribution in [0.4, 0.5) is 0 Å². The van der Waals surface area contributed by atoms with E-state index in [4.69, 9.17) is 0 Å².